The van der Waals surface area contributed by atoms with Crippen molar-refractivity contribution in [2.45, 2.75) is 31.9 Å². The molecular weight excluding hydrogens is 518 g/mol. The second-order valence-electron chi connectivity index (χ2n) is 10.3. The van der Waals surface area contributed by atoms with Crippen LogP contribution in [0.4, 0.5) is 17.6 Å². The minimum atomic E-state index is -4.60. The average Bonchev–Trinajstić information content (AvgIpc) is 3.12. The van der Waals surface area contributed by atoms with E-state index in [4.69, 9.17) is 4.74 Å². The Balaban J connectivity index is 1.62. The number of aldehydes is 1. The van der Waals surface area contributed by atoms with E-state index in [1.165, 1.54) is 24.8 Å². The molecular formula is C33H31F4NO2. The van der Waals surface area contributed by atoms with Crippen molar-refractivity contribution in [3.8, 4) is 5.75 Å². The summed E-state index contributed by atoms with van der Waals surface area (Å²) in [5.74, 6) is -0.208. The van der Waals surface area contributed by atoms with Gasteiger partial charge in [-0.25, -0.2) is 0 Å². The van der Waals surface area contributed by atoms with Crippen LogP contribution in [0, 0.1) is 0 Å². The minimum absolute atomic E-state index is 0.114. The number of nitrogens with zero attached hydrogens (tertiary/aromatic N) is 1. The smallest absolute Gasteiger partial charge is 0.420 e. The van der Waals surface area contributed by atoms with E-state index in [1.807, 2.05) is 36.4 Å². The highest BCUT2D eigenvalue weighted by Gasteiger charge is 2.38. The SMILES string of the molecule is COc1cccc(C2=C(c3ccc(C=C4CN(CCCF)C4)cc3)c3ccc(C=O)cc3CCC2)c1C(F)(F)F. The number of halogens is 4. The summed E-state index contributed by atoms with van der Waals surface area (Å²) in [7, 11) is 1.25. The largest absolute Gasteiger partial charge is 0.496 e. The van der Waals surface area contributed by atoms with Gasteiger partial charge in [0.15, 0.2) is 0 Å². The van der Waals surface area contributed by atoms with Gasteiger partial charge in [0.2, 0.25) is 0 Å². The molecule has 0 spiro atoms. The van der Waals surface area contributed by atoms with Crippen molar-refractivity contribution in [2.24, 2.45) is 0 Å². The Labute approximate surface area is 231 Å². The van der Waals surface area contributed by atoms with Gasteiger partial charge < -0.3 is 4.74 Å². The Kier molecular flexibility index (Phi) is 8.22. The number of alkyl halides is 4. The Hall–Kier alpha value is -3.71. The zero-order valence-electron chi connectivity index (χ0n) is 22.4. The fourth-order valence-electron chi connectivity index (χ4n) is 5.77. The molecule has 1 aliphatic heterocycles. The van der Waals surface area contributed by atoms with Gasteiger partial charge in [0.05, 0.1) is 13.8 Å². The third kappa shape index (κ3) is 5.75. The van der Waals surface area contributed by atoms with Crippen LogP contribution in [0.1, 0.15) is 63.0 Å². The quantitative estimate of drug-likeness (QED) is 0.211. The summed E-state index contributed by atoms with van der Waals surface area (Å²) in [4.78, 5) is 13.7. The number of carbonyl (C=O) groups is 1. The Morgan fingerprint density at radius 1 is 0.950 bits per heavy atom. The molecule has 3 nitrogen and oxygen atoms in total. The van der Waals surface area contributed by atoms with Crippen LogP contribution in [0.5, 0.6) is 5.75 Å². The third-order valence-corrected chi connectivity index (χ3v) is 7.60. The predicted molar refractivity (Wildman–Crippen MR) is 150 cm³/mol. The fourth-order valence-corrected chi connectivity index (χ4v) is 5.77. The first-order valence-electron chi connectivity index (χ1n) is 13.5. The second kappa shape index (κ2) is 11.8. The number of rotatable bonds is 8. The van der Waals surface area contributed by atoms with Crippen LogP contribution in [-0.2, 0) is 12.6 Å². The van der Waals surface area contributed by atoms with Gasteiger partial charge in [0.25, 0.3) is 0 Å². The predicted octanol–water partition coefficient (Wildman–Crippen LogP) is 7.88. The number of hydrogen-bond acceptors (Lipinski definition) is 3. The van der Waals surface area contributed by atoms with Crippen LogP contribution < -0.4 is 4.74 Å². The standard InChI is InChI=1S/C33H31F4NO2/c1-40-30-8-3-7-29(32(30)33(35,36)37)28-6-2-5-26-18-23(21-39)11-14-27(26)31(28)25-12-9-22(10-13-25)17-24-19-38(20-24)16-4-15-34/h3,7-14,17-18,21H,2,4-6,15-16,19-20H2,1H3. The van der Waals surface area contributed by atoms with E-state index in [1.54, 1.807) is 12.1 Å². The summed E-state index contributed by atoms with van der Waals surface area (Å²) >= 11 is 0. The first kappa shape index (κ1) is 27.8. The topological polar surface area (TPSA) is 29.5 Å². The molecule has 3 aromatic rings. The van der Waals surface area contributed by atoms with Crippen molar-refractivity contribution in [3.63, 3.8) is 0 Å². The maximum Gasteiger partial charge on any atom is 0.420 e. The van der Waals surface area contributed by atoms with Gasteiger partial charge in [-0.15, -0.1) is 0 Å². The van der Waals surface area contributed by atoms with Crippen LogP contribution in [0.15, 0.2) is 66.2 Å². The van der Waals surface area contributed by atoms with Gasteiger partial charge in [-0.1, -0.05) is 54.6 Å². The van der Waals surface area contributed by atoms with E-state index in [2.05, 4.69) is 11.0 Å². The molecule has 1 aliphatic carbocycles. The van der Waals surface area contributed by atoms with Gasteiger partial charge in [-0.3, -0.25) is 14.1 Å². The van der Waals surface area contributed by atoms with Crippen molar-refractivity contribution >= 4 is 23.5 Å². The third-order valence-electron chi connectivity index (χ3n) is 7.60. The van der Waals surface area contributed by atoms with Crippen LogP contribution in [0.25, 0.3) is 17.2 Å². The van der Waals surface area contributed by atoms with E-state index in [0.717, 1.165) is 53.7 Å². The normalized spacial score (nSPS) is 15.8. The number of allylic oxidation sites excluding steroid dienone is 1. The average molecular weight is 550 g/mol. The van der Waals surface area contributed by atoms with Gasteiger partial charge in [0, 0.05) is 25.2 Å². The summed E-state index contributed by atoms with van der Waals surface area (Å²) in [5, 5.41) is 0. The Morgan fingerprint density at radius 3 is 2.38 bits per heavy atom. The highest BCUT2D eigenvalue weighted by molar-refractivity contribution is 6.01. The van der Waals surface area contributed by atoms with Crippen LogP contribution in [0.3, 0.4) is 0 Å². The first-order chi connectivity index (χ1) is 19.3. The van der Waals surface area contributed by atoms with Gasteiger partial charge in [-0.2, -0.15) is 13.2 Å². The van der Waals surface area contributed by atoms with Gasteiger partial charge in [0.1, 0.15) is 17.6 Å². The van der Waals surface area contributed by atoms with E-state index in [-0.39, 0.29) is 18.0 Å². The van der Waals surface area contributed by atoms with Crippen molar-refractivity contribution in [1.29, 1.82) is 0 Å². The summed E-state index contributed by atoms with van der Waals surface area (Å²) in [5.41, 5.74) is 6.09. The Morgan fingerprint density at radius 2 is 1.70 bits per heavy atom. The molecule has 0 bridgehead atoms. The molecule has 0 N–H and O–H groups in total. The zero-order valence-corrected chi connectivity index (χ0v) is 22.4. The number of fused-ring (bicyclic) bond motifs is 1. The zero-order chi connectivity index (χ0) is 28.3. The lowest BCUT2D eigenvalue weighted by atomic mass is 9.85. The summed E-state index contributed by atoms with van der Waals surface area (Å²) in [6, 6.07) is 17.7. The van der Waals surface area contributed by atoms with Crippen LogP contribution >= 0.6 is 0 Å². The van der Waals surface area contributed by atoms with E-state index in [0.29, 0.717) is 36.8 Å². The van der Waals surface area contributed by atoms with Crippen LogP contribution in [-0.4, -0.2) is 44.6 Å². The maximum absolute atomic E-state index is 14.4. The Bertz CT molecular complexity index is 1450. The monoisotopic (exact) mass is 549 g/mol. The number of benzene rings is 3. The van der Waals surface area contributed by atoms with Crippen molar-refractivity contribution < 1.29 is 27.1 Å². The number of aryl methyl sites for hydroxylation is 1. The molecule has 208 valence electrons. The lowest BCUT2D eigenvalue weighted by molar-refractivity contribution is -0.138. The fraction of sp³-hybridized carbons (Fsp3) is 0.303. The van der Waals surface area contributed by atoms with Gasteiger partial charge in [-0.05, 0) is 82.4 Å². The molecule has 1 fully saturated rings. The molecule has 40 heavy (non-hydrogen) atoms. The lowest BCUT2D eigenvalue weighted by Gasteiger charge is -2.33. The van der Waals surface area contributed by atoms with Crippen molar-refractivity contribution in [1.82, 2.24) is 4.90 Å². The maximum atomic E-state index is 14.4. The number of hydrogen-bond donors (Lipinski definition) is 0. The molecule has 7 heteroatoms. The number of carbonyl (C=O) groups excluding carboxylic acids is 1. The highest BCUT2D eigenvalue weighted by atomic mass is 19.4. The van der Waals surface area contributed by atoms with E-state index >= 15 is 0 Å². The van der Waals surface area contributed by atoms with Crippen molar-refractivity contribution in [2.75, 3.05) is 33.4 Å². The molecule has 0 amide bonds. The molecule has 5 rings (SSSR count). The highest BCUT2D eigenvalue weighted by Crippen LogP contribution is 2.46. The summed E-state index contributed by atoms with van der Waals surface area (Å²) < 4.78 is 60.8. The first-order valence-corrected chi connectivity index (χ1v) is 13.5. The van der Waals surface area contributed by atoms with Crippen LogP contribution in [0.2, 0.25) is 0 Å². The molecule has 0 unspecified atom stereocenters. The molecule has 3 aromatic carbocycles. The summed E-state index contributed by atoms with van der Waals surface area (Å²) in [6.45, 7) is 2.08. The molecule has 2 aliphatic rings. The van der Waals surface area contributed by atoms with E-state index < -0.39 is 11.7 Å². The second-order valence-corrected chi connectivity index (χ2v) is 10.3. The molecule has 1 heterocycles. The van der Waals surface area contributed by atoms with Crippen molar-refractivity contribution in [3.05, 3.63) is 105 Å². The number of ether oxygens (including phenoxy) is 1. The minimum Gasteiger partial charge on any atom is -0.496 e. The molecule has 0 saturated carbocycles. The van der Waals surface area contributed by atoms with Gasteiger partial charge >= 0.3 is 6.18 Å². The lowest BCUT2D eigenvalue weighted by Crippen LogP contribution is -2.40. The summed E-state index contributed by atoms with van der Waals surface area (Å²) in [6.07, 6.45) is 0.584. The molecule has 1 saturated heterocycles. The molecule has 0 atom stereocenters. The molecule has 0 radical (unpaired) electrons. The number of likely N-dealkylation sites (tertiary alicyclic amines) is 1. The number of methoxy groups -OCH3 is 1. The van der Waals surface area contributed by atoms with E-state index in [9.17, 15) is 22.4 Å². The molecule has 0 aromatic heterocycles.